The molecule has 0 bridgehead atoms. The highest BCUT2D eigenvalue weighted by Crippen LogP contribution is 2.39. The van der Waals surface area contributed by atoms with E-state index in [1.54, 1.807) is 0 Å². The summed E-state index contributed by atoms with van der Waals surface area (Å²) >= 11 is 0. The van der Waals surface area contributed by atoms with Crippen molar-refractivity contribution >= 4 is 10.3 Å². The average molecular weight is 211 g/mol. The van der Waals surface area contributed by atoms with Crippen LogP contribution >= 0.6 is 0 Å². The fourth-order valence-electron chi connectivity index (χ4n) is 2.12. The van der Waals surface area contributed by atoms with Crippen LogP contribution in [0.2, 0.25) is 0 Å². The Morgan fingerprint density at radius 2 is 2.36 bits per heavy atom. The highest BCUT2D eigenvalue weighted by molar-refractivity contribution is 7.85. The van der Waals surface area contributed by atoms with Gasteiger partial charge < -0.3 is 4.18 Å². The monoisotopic (exact) mass is 211 g/mol. The van der Waals surface area contributed by atoms with Crippen molar-refractivity contribution in [1.29, 1.82) is 0 Å². The topological polar surface area (TPSA) is 55.4 Å². The van der Waals surface area contributed by atoms with E-state index in [2.05, 4.69) is 4.72 Å². The van der Waals surface area contributed by atoms with Crippen LogP contribution in [0.5, 0.6) is 0 Å². The summed E-state index contributed by atoms with van der Waals surface area (Å²) in [5.74, 6) is 0.747. The molecule has 2 aliphatic carbocycles. The molecule has 1 N–H and O–H groups in total. The zero-order valence-corrected chi connectivity index (χ0v) is 8.12. The molecule has 2 atom stereocenters. The molecule has 4 nitrogen and oxygen atoms in total. The molecule has 5 heteroatoms. The first-order valence-electron chi connectivity index (χ1n) is 4.46. The van der Waals surface area contributed by atoms with E-state index in [1.165, 1.54) is 0 Å². The quantitative estimate of drug-likeness (QED) is 0.639. The van der Waals surface area contributed by atoms with Crippen molar-refractivity contribution in [1.82, 2.24) is 4.72 Å². The lowest BCUT2D eigenvalue weighted by Gasteiger charge is -2.17. The summed E-state index contributed by atoms with van der Waals surface area (Å²) in [4.78, 5) is 0. The number of hydrogen-bond donors (Lipinski definition) is 1. The average Bonchev–Trinajstić information content (AvgIpc) is 2.56. The van der Waals surface area contributed by atoms with E-state index in [9.17, 15) is 8.42 Å². The van der Waals surface area contributed by atoms with Gasteiger partial charge in [-0.2, -0.15) is 13.1 Å². The van der Waals surface area contributed by atoms with E-state index in [1.807, 2.05) is 24.3 Å². The zero-order chi connectivity index (χ0) is 9.76. The van der Waals surface area contributed by atoms with Gasteiger partial charge in [0.2, 0.25) is 0 Å². The maximum atomic E-state index is 11.1. The lowest BCUT2D eigenvalue weighted by molar-refractivity contribution is 0.412. The highest BCUT2D eigenvalue weighted by atomic mass is 32.2. The molecule has 0 amide bonds. The standard InChI is InChI=1S/C9H9NO3S/c11-14(12)10-9-7-4-2-1-3-6(7)5-8(9)13-14/h1-3,5,7,9-10H,4H2. The Bertz CT molecular complexity index is 472. The molecular weight excluding hydrogens is 202 g/mol. The molecule has 74 valence electrons. The van der Waals surface area contributed by atoms with E-state index in [4.69, 9.17) is 4.18 Å². The van der Waals surface area contributed by atoms with Crippen LogP contribution in [0.25, 0.3) is 0 Å². The molecule has 1 saturated heterocycles. The minimum atomic E-state index is -3.53. The predicted molar refractivity (Wildman–Crippen MR) is 50.3 cm³/mol. The van der Waals surface area contributed by atoms with E-state index in [-0.39, 0.29) is 12.0 Å². The van der Waals surface area contributed by atoms with Gasteiger partial charge >= 0.3 is 10.3 Å². The van der Waals surface area contributed by atoms with Gasteiger partial charge in [0.1, 0.15) is 5.76 Å². The fraction of sp³-hybridized carbons (Fsp3) is 0.333. The molecule has 14 heavy (non-hydrogen) atoms. The third-order valence-corrected chi connectivity index (χ3v) is 3.69. The predicted octanol–water partition coefficient (Wildman–Crippen LogP) is 0.620. The maximum Gasteiger partial charge on any atom is 0.383 e. The molecule has 1 fully saturated rings. The van der Waals surface area contributed by atoms with Gasteiger partial charge in [-0.15, -0.1) is 0 Å². The summed E-state index contributed by atoms with van der Waals surface area (Å²) < 4.78 is 29.5. The number of rotatable bonds is 0. The lowest BCUT2D eigenvalue weighted by atomic mass is 9.91. The highest BCUT2D eigenvalue weighted by Gasteiger charge is 2.44. The van der Waals surface area contributed by atoms with Crippen molar-refractivity contribution in [2.75, 3.05) is 0 Å². The normalized spacial score (nSPS) is 36.9. The number of allylic oxidation sites excluding steroid dienone is 4. The van der Waals surface area contributed by atoms with Crippen molar-refractivity contribution in [2.24, 2.45) is 5.92 Å². The van der Waals surface area contributed by atoms with E-state index in [0.29, 0.717) is 5.76 Å². The zero-order valence-electron chi connectivity index (χ0n) is 7.30. The first-order valence-corrected chi connectivity index (χ1v) is 5.87. The van der Waals surface area contributed by atoms with E-state index >= 15 is 0 Å². The summed E-state index contributed by atoms with van der Waals surface area (Å²) in [6, 6.07) is -0.184. The molecule has 0 radical (unpaired) electrons. The minimum Gasteiger partial charge on any atom is -0.374 e. The molecule has 1 heterocycles. The van der Waals surface area contributed by atoms with Gasteiger partial charge in [0.05, 0.1) is 6.04 Å². The molecule has 0 aromatic carbocycles. The molecule has 0 saturated carbocycles. The van der Waals surface area contributed by atoms with Crippen LogP contribution in [0.3, 0.4) is 0 Å². The number of fused-ring (bicyclic) bond motifs is 3. The number of hydrogen-bond acceptors (Lipinski definition) is 3. The second-order valence-electron chi connectivity index (χ2n) is 3.62. The summed E-state index contributed by atoms with van der Waals surface area (Å²) in [6.07, 6.45) is 8.70. The van der Waals surface area contributed by atoms with Crippen LogP contribution in [-0.2, 0) is 14.5 Å². The maximum absolute atomic E-state index is 11.1. The Hall–Kier alpha value is -1.07. The van der Waals surface area contributed by atoms with Crippen molar-refractivity contribution in [3.8, 4) is 0 Å². The Kier molecular flexibility index (Phi) is 1.47. The van der Waals surface area contributed by atoms with Gasteiger partial charge in [0.25, 0.3) is 0 Å². The van der Waals surface area contributed by atoms with Crippen molar-refractivity contribution < 1.29 is 12.6 Å². The van der Waals surface area contributed by atoms with Gasteiger partial charge in [-0.3, -0.25) is 0 Å². The van der Waals surface area contributed by atoms with Crippen LogP contribution in [0.4, 0.5) is 0 Å². The third kappa shape index (κ3) is 1.06. The molecule has 1 aliphatic heterocycles. The first kappa shape index (κ1) is 8.26. The van der Waals surface area contributed by atoms with Gasteiger partial charge in [-0.25, -0.2) is 0 Å². The largest absolute Gasteiger partial charge is 0.383 e. The Balaban J connectivity index is 2.04. The van der Waals surface area contributed by atoms with Gasteiger partial charge in [0, 0.05) is 5.92 Å². The molecule has 3 rings (SSSR count). The Labute approximate surface area is 82.2 Å². The Morgan fingerprint density at radius 1 is 1.50 bits per heavy atom. The minimum absolute atomic E-state index is 0.184. The fourth-order valence-corrected chi connectivity index (χ4v) is 3.17. The van der Waals surface area contributed by atoms with Crippen molar-refractivity contribution in [3.63, 3.8) is 0 Å². The van der Waals surface area contributed by atoms with Gasteiger partial charge in [-0.05, 0) is 18.1 Å². The summed E-state index contributed by atoms with van der Waals surface area (Å²) in [6.45, 7) is 0. The lowest BCUT2D eigenvalue weighted by Crippen LogP contribution is -2.32. The van der Waals surface area contributed by atoms with Crippen LogP contribution in [-0.4, -0.2) is 14.5 Å². The molecular formula is C9H9NO3S. The van der Waals surface area contributed by atoms with Crippen molar-refractivity contribution in [3.05, 3.63) is 35.6 Å². The summed E-state index contributed by atoms with van der Waals surface area (Å²) in [5.41, 5.74) is 1.15. The molecule has 3 aliphatic rings. The summed E-state index contributed by atoms with van der Waals surface area (Å²) in [7, 11) is -3.53. The molecule has 2 unspecified atom stereocenters. The molecule has 0 aromatic heterocycles. The van der Waals surface area contributed by atoms with Crippen LogP contribution in [0.1, 0.15) is 6.42 Å². The third-order valence-electron chi connectivity index (χ3n) is 2.74. The van der Waals surface area contributed by atoms with Crippen LogP contribution in [0.15, 0.2) is 35.6 Å². The van der Waals surface area contributed by atoms with Crippen molar-refractivity contribution in [2.45, 2.75) is 12.5 Å². The number of nitrogens with one attached hydrogen (secondary N) is 1. The van der Waals surface area contributed by atoms with Crippen LogP contribution in [0, 0.1) is 5.92 Å². The van der Waals surface area contributed by atoms with E-state index in [0.717, 1.165) is 12.0 Å². The molecule has 0 aromatic rings. The summed E-state index contributed by atoms with van der Waals surface area (Å²) in [5, 5.41) is 0. The Morgan fingerprint density at radius 3 is 3.21 bits per heavy atom. The van der Waals surface area contributed by atoms with E-state index < -0.39 is 10.3 Å². The second kappa shape index (κ2) is 2.49. The van der Waals surface area contributed by atoms with Crippen LogP contribution < -0.4 is 4.72 Å². The molecule has 0 spiro atoms. The first-order chi connectivity index (χ1) is 6.66. The smallest absolute Gasteiger partial charge is 0.374 e. The SMILES string of the molecule is O=S1(=O)NC2C(=CC3=CC=CCC32)O1. The second-order valence-corrected chi connectivity index (χ2v) is 4.93. The van der Waals surface area contributed by atoms with Gasteiger partial charge in [-0.1, -0.05) is 18.2 Å². The van der Waals surface area contributed by atoms with Gasteiger partial charge in [0.15, 0.2) is 0 Å².